The van der Waals surface area contributed by atoms with Crippen LogP contribution in [0.2, 0.25) is 0 Å². The molecular weight excluding hydrogens is 165 g/mol. The van der Waals surface area contributed by atoms with E-state index in [1.165, 1.54) is 4.97 Å². The molecule has 0 radical (unpaired) electrons. The zero-order valence-corrected chi connectivity index (χ0v) is 4.83. The molecule has 8 heavy (non-hydrogen) atoms. The molecule has 0 fully saturated rings. The number of rotatable bonds is 0. The summed E-state index contributed by atoms with van der Waals surface area (Å²) in [5, 5.41) is 0. The fourth-order valence-electron chi connectivity index (χ4n) is 0. The maximum atomic E-state index is 10.6. The fourth-order valence-corrected chi connectivity index (χ4v) is 0. The standard InChI is InChI=1S/CCl2F2.N2O/c2-1(3,4)5;1-2-3. The first kappa shape index (κ1) is 10.7. The first-order valence-corrected chi connectivity index (χ1v) is 1.89. The molecule has 0 saturated carbocycles. The summed E-state index contributed by atoms with van der Waals surface area (Å²) in [7, 11) is 0. The summed E-state index contributed by atoms with van der Waals surface area (Å²) in [6.45, 7) is 0. The molecule has 0 aromatic heterocycles. The van der Waals surface area contributed by atoms with Gasteiger partial charge in [-0.15, -0.1) is 0 Å². The molecule has 3 nitrogen and oxygen atoms in total. The topological polar surface area (TPSA) is 53.5 Å². The van der Waals surface area contributed by atoms with Gasteiger partial charge < -0.3 is 0 Å². The van der Waals surface area contributed by atoms with Crippen molar-refractivity contribution in [1.29, 1.82) is 0 Å². The van der Waals surface area contributed by atoms with Crippen LogP contribution in [-0.2, 0) is 0 Å². The maximum Gasteiger partial charge on any atom is 0.401 e. The molecule has 0 bridgehead atoms. The normalized spacial score (nSPS) is 8.50. The van der Waals surface area contributed by atoms with E-state index < -0.39 is 4.84 Å². The molecule has 7 heteroatoms. The molecule has 0 saturated heterocycles. The molecule has 0 atom stereocenters. The van der Waals surface area contributed by atoms with E-state index in [0.717, 1.165) is 0 Å². The third-order valence-electron chi connectivity index (χ3n) is 0. The van der Waals surface area contributed by atoms with Gasteiger partial charge in [-0.25, -0.2) is 0 Å². The highest BCUT2D eigenvalue weighted by molar-refractivity contribution is 6.45. The van der Waals surface area contributed by atoms with E-state index in [9.17, 15) is 8.78 Å². The van der Waals surface area contributed by atoms with Crippen molar-refractivity contribution < 1.29 is 8.78 Å². The van der Waals surface area contributed by atoms with Gasteiger partial charge in [0, 0.05) is 0 Å². The lowest BCUT2D eigenvalue weighted by atomic mass is 11.7. The Hall–Kier alpha value is -0.250. The van der Waals surface area contributed by atoms with Gasteiger partial charge in [-0.3, -0.25) is 5.53 Å². The largest absolute Gasteiger partial charge is 0.401 e. The van der Waals surface area contributed by atoms with Crippen LogP contribution >= 0.6 is 23.2 Å². The molecule has 0 aliphatic heterocycles. The van der Waals surface area contributed by atoms with Crippen molar-refractivity contribution in [3.63, 3.8) is 0 Å². The number of alkyl halides is 4. The van der Waals surface area contributed by atoms with Gasteiger partial charge in [0.05, 0.1) is 0 Å². The van der Waals surface area contributed by atoms with Crippen molar-refractivity contribution in [1.82, 2.24) is 4.97 Å². The molecule has 0 unspecified atom stereocenters. The summed E-state index contributed by atoms with van der Waals surface area (Å²) in [5.41, 5.74) is 6.64. The van der Waals surface area contributed by atoms with Crippen LogP contribution < -0.4 is 4.97 Å². The Balaban J connectivity index is 0. The second kappa shape index (κ2) is 4.90. The van der Waals surface area contributed by atoms with Gasteiger partial charge in [0.2, 0.25) is 0 Å². The van der Waals surface area contributed by atoms with E-state index in [2.05, 4.69) is 23.2 Å². The van der Waals surface area contributed by atoms with Crippen molar-refractivity contribution in [3.8, 4) is 0 Å². The second-order valence-corrected chi connectivity index (χ2v) is 1.65. The zero-order chi connectivity index (χ0) is 7.21. The third kappa shape index (κ3) is 2080. The lowest BCUT2D eigenvalue weighted by Crippen LogP contribution is -1.86. The van der Waals surface area contributed by atoms with Gasteiger partial charge >= 0.3 is 4.84 Å². The van der Waals surface area contributed by atoms with Crippen LogP contribution in [0, 0.1) is 4.91 Å². The van der Waals surface area contributed by atoms with Crippen LogP contribution in [0.5, 0.6) is 0 Å². The number of nitrogens with zero attached hydrogens (tertiary/aromatic N) is 2. The Morgan fingerprint density at radius 3 is 1.50 bits per heavy atom. The van der Waals surface area contributed by atoms with E-state index in [0.29, 0.717) is 0 Å². The lowest BCUT2D eigenvalue weighted by molar-refractivity contribution is 0.194. The minimum Gasteiger partial charge on any atom is -0.294 e. The van der Waals surface area contributed by atoms with Crippen LogP contribution in [0.3, 0.4) is 0 Å². The molecule has 0 rings (SSSR count). The molecule has 0 aromatic rings. The highest BCUT2D eigenvalue weighted by Gasteiger charge is 2.17. The number of hydrogen-bond acceptors (Lipinski definition) is 1. The van der Waals surface area contributed by atoms with E-state index in [-0.39, 0.29) is 0 Å². The summed E-state index contributed by atoms with van der Waals surface area (Å²) >= 11 is 7.92. The molecule has 0 heterocycles. The highest BCUT2D eigenvalue weighted by atomic mass is 35.5. The van der Waals surface area contributed by atoms with Gasteiger partial charge in [-0.1, -0.05) is 0 Å². The third-order valence-corrected chi connectivity index (χ3v) is 0. The van der Waals surface area contributed by atoms with Crippen LogP contribution in [0.1, 0.15) is 0 Å². The first-order chi connectivity index (χ1) is 3.41. The SMILES string of the molecule is FC(F)(Cl)Cl.[N-]=[N+]=O. The van der Waals surface area contributed by atoms with E-state index in [1.807, 2.05) is 0 Å². The molecule has 0 aromatic carbocycles. The van der Waals surface area contributed by atoms with Crippen LogP contribution in [0.25, 0.3) is 5.53 Å². The van der Waals surface area contributed by atoms with Gasteiger partial charge in [-0.2, -0.15) is 8.78 Å². The Morgan fingerprint density at radius 1 is 1.50 bits per heavy atom. The molecular formula is CCl2F2N2O. The van der Waals surface area contributed by atoms with Gasteiger partial charge in [-0.05, 0) is 23.2 Å². The fraction of sp³-hybridized carbons (Fsp3) is 1.00. The summed E-state index contributed by atoms with van der Waals surface area (Å²) in [6.07, 6.45) is 0. The Kier molecular flexibility index (Phi) is 6.54. The summed E-state index contributed by atoms with van der Waals surface area (Å²) in [4.78, 5) is 5.81. The van der Waals surface area contributed by atoms with E-state index in [4.69, 9.17) is 10.4 Å². The molecule has 0 aliphatic carbocycles. The second-order valence-electron chi connectivity index (χ2n) is 0.510. The molecule has 0 aliphatic rings. The summed E-state index contributed by atoms with van der Waals surface area (Å²) in [5.74, 6) is 0. The molecule has 48 valence electrons. The number of halogens is 4. The van der Waals surface area contributed by atoms with E-state index >= 15 is 0 Å². The molecule has 0 spiro atoms. The van der Waals surface area contributed by atoms with Crippen LogP contribution in [0.4, 0.5) is 8.78 Å². The lowest BCUT2D eigenvalue weighted by Gasteiger charge is -1.87. The van der Waals surface area contributed by atoms with Crippen molar-refractivity contribution >= 4 is 23.2 Å². The molecule has 0 N–H and O–H groups in total. The zero-order valence-electron chi connectivity index (χ0n) is 3.31. The van der Waals surface area contributed by atoms with Gasteiger partial charge in [0.15, 0.2) is 4.91 Å². The number of nitroso groups, excluding NO2 is 1. The predicted octanol–water partition coefficient (Wildman–Crippen LogP) is 1.86. The maximum absolute atomic E-state index is 10.6. The number of hydrogen-bond donors (Lipinski definition) is 0. The smallest absolute Gasteiger partial charge is 0.294 e. The average Bonchev–Trinajstić information content (AvgIpc) is 1.27. The van der Waals surface area contributed by atoms with Crippen molar-refractivity contribution in [3.05, 3.63) is 10.4 Å². The minimum absolute atomic E-state index is 1.25. The first-order valence-electron chi connectivity index (χ1n) is 1.14. The van der Waals surface area contributed by atoms with Gasteiger partial charge in [0.25, 0.3) is 0 Å². The summed E-state index contributed by atoms with van der Waals surface area (Å²) < 4.78 is 21.1. The van der Waals surface area contributed by atoms with Crippen molar-refractivity contribution in [2.24, 2.45) is 0 Å². The van der Waals surface area contributed by atoms with E-state index in [1.54, 1.807) is 0 Å². The van der Waals surface area contributed by atoms with Crippen molar-refractivity contribution in [2.75, 3.05) is 0 Å². The monoisotopic (exact) mass is 164 g/mol. The van der Waals surface area contributed by atoms with Gasteiger partial charge in [0.1, 0.15) is 4.97 Å². The average molecular weight is 165 g/mol. The Labute approximate surface area is 53.1 Å². The predicted molar refractivity (Wildman–Crippen MR) is 25.5 cm³/mol. The highest BCUT2D eigenvalue weighted by Crippen LogP contribution is 2.22. The van der Waals surface area contributed by atoms with Crippen molar-refractivity contribution in [2.45, 2.75) is 4.84 Å². The quantitative estimate of drug-likeness (QED) is 0.307. The Bertz CT molecular complexity index is 78.5. The summed E-state index contributed by atoms with van der Waals surface area (Å²) in [6, 6.07) is 0. The minimum atomic E-state index is -3.56. The Morgan fingerprint density at radius 2 is 1.50 bits per heavy atom. The molecule has 0 amide bonds. The van der Waals surface area contributed by atoms with Crippen LogP contribution in [-0.4, -0.2) is 4.84 Å². The van der Waals surface area contributed by atoms with Crippen LogP contribution in [0.15, 0.2) is 0 Å².